The highest BCUT2D eigenvalue weighted by molar-refractivity contribution is 5.96. The summed E-state index contributed by atoms with van der Waals surface area (Å²) in [5.41, 5.74) is 8.34. The Balaban J connectivity index is 1.71. The lowest BCUT2D eigenvalue weighted by Crippen LogP contribution is -2.28. The first-order valence-corrected chi connectivity index (χ1v) is 11.2. The number of aromatic nitrogens is 1. The summed E-state index contributed by atoms with van der Waals surface area (Å²) >= 11 is 0. The second-order valence-corrected chi connectivity index (χ2v) is 8.91. The van der Waals surface area contributed by atoms with Gasteiger partial charge in [0.05, 0.1) is 5.69 Å². The van der Waals surface area contributed by atoms with E-state index in [0.717, 1.165) is 53.3 Å². The van der Waals surface area contributed by atoms with E-state index < -0.39 is 0 Å². The molecule has 0 aliphatic carbocycles. The van der Waals surface area contributed by atoms with Crippen LogP contribution in [0.3, 0.4) is 0 Å². The van der Waals surface area contributed by atoms with Gasteiger partial charge in [0.2, 0.25) is 0 Å². The molecule has 0 unspecified atom stereocenters. The summed E-state index contributed by atoms with van der Waals surface area (Å²) in [5.74, 6) is 0.704. The minimum absolute atomic E-state index is 0.0328. The van der Waals surface area contributed by atoms with Gasteiger partial charge in [-0.15, -0.1) is 0 Å². The van der Waals surface area contributed by atoms with Gasteiger partial charge in [0, 0.05) is 50.2 Å². The lowest BCUT2D eigenvalue weighted by atomic mass is 9.93. The third-order valence-corrected chi connectivity index (χ3v) is 6.05. The molecule has 0 radical (unpaired) electrons. The summed E-state index contributed by atoms with van der Waals surface area (Å²) in [4.78, 5) is 21.0. The van der Waals surface area contributed by atoms with Crippen LogP contribution in [0, 0.1) is 6.92 Å². The van der Waals surface area contributed by atoms with Gasteiger partial charge < -0.3 is 14.5 Å². The lowest BCUT2D eigenvalue weighted by Gasteiger charge is -2.31. The van der Waals surface area contributed by atoms with E-state index in [1.807, 2.05) is 37.3 Å². The standard InChI is InChI=1S/C28H31N3O2/c1-19(2)31-13-11-21-6-7-22(15-24(21)17-31)26-16-23(28(32)30(4)5)8-9-27(26)33-18-25-14-20(3)10-12-29-25/h6-10,12,14-16H,1,11,13,17-18H2,2-5H3. The zero-order valence-electron chi connectivity index (χ0n) is 19.9. The van der Waals surface area contributed by atoms with Gasteiger partial charge >= 0.3 is 0 Å². The number of hydrogen-bond acceptors (Lipinski definition) is 4. The second-order valence-electron chi connectivity index (χ2n) is 8.91. The van der Waals surface area contributed by atoms with Crippen LogP contribution in [0.15, 0.2) is 67.0 Å². The highest BCUT2D eigenvalue weighted by Crippen LogP contribution is 2.34. The fourth-order valence-electron chi connectivity index (χ4n) is 4.15. The number of allylic oxidation sites excluding steroid dienone is 1. The molecule has 0 N–H and O–H groups in total. The first kappa shape index (κ1) is 22.6. The Hall–Kier alpha value is -3.60. The monoisotopic (exact) mass is 441 g/mol. The number of hydrogen-bond donors (Lipinski definition) is 0. The van der Waals surface area contributed by atoms with Crippen LogP contribution in [0.1, 0.15) is 39.7 Å². The number of nitrogens with zero attached hydrogens (tertiary/aromatic N) is 3. The van der Waals surface area contributed by atoms with Crippen molar-refractivity contribution in [1.29, 1.82) is 0 Å². The molecule has 2 heterocycles. The predicted octanol–water partition coefficient (Wildman–Crippen LogP) is 5.23. The summed E-state index contributed by atoms with van der Waals surface area (Å²) in [7, 11) is 3.53. The topological polar surface area (TPSA) is 45.7 Å². The van der Waals surface area contributed by atoms with Gasteiger partial charge in [0.25, 0.3) is 5.91 Å². The Morgan fingerprint density at radius 2 is 1.94 bits per heavy atom. The van der Waals surface area contributed by atoms with Crippen LogP contribution in [0.4, 0.5) is 0 Å². The Bertz CT molecular complexity index is 1200. The smallest absolute Gasteiger partial charge is 0.253 e. The summed E-state index contributed by atoms with van der Waals surface area (Å²) in [6.45, 7) is 10.4. The fourth-order valence-corrected chi connectivity index (χ4v) is 4.15. The number of fused-ring (bicyclic) bond motifs is 1. The van der Waals surface area contributed by atoms with Crippen LogP contribution in [0.5, 0.6) is 5.75 Å². The molecule has 33 heavy (non-hydrogen) atoms. The molecule has 2 aromatic carbocycles. The number of carbonyl (C=O) groups excluding carboxylic acids is 1. The van der Waals surface area contributed by atoms with Gasteiger partial charge in [0.15, 0.2) is 0 Å². The van der Waals surface area contributed by atoms with Crippen molar-refractivity contribution < 1.29 is 9.53 Å². The molecule has 0 fully saturated rings. The SMILES string of the molecule is C=C(C)N1CCc2ccc(-c3cc(C(=O)N(C)C)ccc3OCc3cc(C)ccn3)cc2C1. The van der Waals surface area contributed by atoms with Crippen LogP contribution in [-0.2, 0) is 19.6 Å². The quantitative estimate of drug-likeness (QED) is 0.526. The normalized spacial score (nSPS) is 12.8. The molecule has 3 aromatic rings. The lowest BCUT2D eigenvalue weighted by molar-refractivity contribution is 0.0827. The zero-order valence-corrected chi connectivity index (χ0v) is 19.9. The van der Waals surface area contributed by atoms with Crippen molar-refractivity contribution in [2.24, 2.45) is 0 Å². The summed E-state index contributed by atoms with van der Waals surface area (Å²) in [6.07, 6.45) is 2.80. The van der Waals surface area contributed by atoms with E-state index in [-0.39, 0.29) is 5.91 Å². The van der Waals surface area contributed by atoms with Gasteiger partial charge in [-0.05, 0) is 78.9 Å². The molecular weight excluding hydrogens is 410 g/mol. The van der Waals surface area contributed by atoms with E-state index in [1.165, 1.54) is 11.1 Å². The van der Waals surface area contributed by atoms with Crippen LogP contribution in [0.25, 0.3) is 11.1 Å². The van der Waals surface area contributed by atoms with Gasteiger partial charge in [0.1, 0.15) is 12.4 Å². The minimum atomic E-state index is -0.0328. The van der Waals surface area contributed by atoms with Crippen molar-refractivity contribution in [3.05, 3.63) is 95.0 Å². The van der Waals surface area contributed by atoms with Crippen molar-refractivity contribution in [2.75, 3.05) is 20.6 Å². The average Bonchev–Trinajstić information content (AvgIpc) is 2.81. The minimum Gasteiger partial charge on any atom is -0.487 e. The highest BCUT2D eigenvalue weighted by atomic mass is 16.5. The maximum atomic E-state index is 12.7. The van der Waals surface area contributed by atoms with Crippen molar-refractivity contribution in [3.8, 4) is 16.9 Å². The summed E-state index contributed by atoms with van der Waals surface area (Å²) in [5, 5.41) is 0. The van der Waals surface area contributed by atoms with Crippen LogP contribution in [0.2, 0.25) is 0 Å². The Kier molecular flexibility index (Phi) is 6.50. The Morgan fingerprint density at radius 3 is 2.67 bits per heavy atom. The van der Waals surface area contributed by atoms with Gasteiger partial charge in [-0.3, -0.25) is 9.78 Å². The molecule has 0 bridgehead atoms. The number of carbonyl (C=O) groups is 1. The third-order valence-electron chi connectivity index (χ3n) is 6.05. The number of benzene rings is 2. The molecule has 1 aliphatic heterocycles. The number of ether oxygens (including phenoxy) is 1. The maximum Gasteiger partial charge on any atom is 0.253 e. The van der Waals surface area contributed by atoms with E-state index in [0.29, 0.717) is 12.2 Å². The molecule has 1 aromatic heterocycles. The third kappa shape index (κ3) is 5.08. The number of rotatable bonds is 6. The number of amides is 1. The molecule has 0 saturated heterocycles. The zero-order chi connectivity index (χ0) is 23.5. The second kappa shape index (κ2) is 9.49. The molecule has 1 aliphatic rings. The van der Waals surface area contributed by atoms with Crippen molar-refractivity contribution >= 4 is 5.91 Å². The molecule has 1 amide bonds. The highest BCUT2D eigenvalue weighted by Gasteiger charge is 2.19. The van der Waals surface area contributed by atoms with Crippen LogP contribution < -0.4 is 4.74 Å². The van der Waals surface area contributed by atoms with E-state index >= 15 is 0 Å². The van der Waals surface area contributed by atoms with Crippen molar-refractivity contribution in [1.82, 2.24) is 14.8 Å². The van der Waals surface area contributed by atoms with Crippen molar-refractivity contribution in [3.63, 3.8) is 0 Å². The van der Waals surface area contributed by atoms with E-state index in [2.05, 4.69) is 41.6 Å². The Labute approximate surface area is 196 Å². The van der Waals surface area contributed by atoms with Gasteiger partial charge in [-0.2, -0.15) is 0 Å². The molecule has 4 rings (SSSR count). The molecule has 170 valence electrons. The first-order chi connectivity index (χ1) is 15.8. The largest absolute Gasteiger partial charge is 0.487 e. The first-order valence-electron chi connectivity index (χ1n) is 11.2. The fraction of sp³-hybridized carbons (Fsp3) is 0.286. The van der Waals surface area contributed by atoms with Crippen LogP contribution >= 0.6 is 0 Å². The molecule has 5 nitrogen and oxygen atoms in total. The number of aryl methyl sites for hydroxylation is 1. The molecule has 0 spiro atoms. The van der Waals surface area contributed by atoms with Gasteiger partial charge in [-0.25, -0.2) is 0 Å². The molecule has 0 saturated carbocycles. The van der Waals surface area contributed by atoms with Crippen molar-refractivity contribution in [2.45, 2.75) is 33.4 Å². The molecule has 0 atom stereocenters. The number of pyridine rings is 1. The molecule has 5 heteroatoms. The predicted molar refractivity (Wildman–Crippen MR) is 132 cm³/mol. The van der Waals surface area contributed by atoms with Crippen LogP contribution in [-0.4, -0.2) is 41.3 Å². The van der Waals surface area contributed by atoms with E-state index in [4.69, 9.17) is 4.74 Å². The summed E-state index contributed by atoms with van der Waals surface area (Å²) in [6, 6.07) is 16.2. The maximum absolute atomic E-state index is 12.7. The van der Waals surface area contributed by atoms with Gasteiger partial charge in [-0.1, -0.05) is 18.7 Å². The van der Waals surface area contributed by atoms with E-state index in [1.54, 1.807) is 25.2 Å². The van der Waals surface area contributed by atoms with E-state index in [9.17, 15) is 4.79 Å². The average molecular weight is 442 g/mol. The summed E-state index contributed by atoms with van der Waals surface area (Å²) < 4.78 is 6.22. The molecular formula is C28H31N3O2. The Morgan fingerprint density at radius 1 is 1.12 bits per heavy atom.